The number of halogens is 1. The first kappa shape index (κ1) is 18.0. The highest BCUT2D eigenvalue weighted by molar-refractivity contribution is 6.40. The summed E-state index contributed by atoms with van der Waals surface area (Å²) in [5, 5.41) is 5.83. The molecule has 2 aromatic carbocycles. The summed E-state index contributed by atoms with van der Waals surface area (Å²) in [7, 11) is 0. The van der Waals surface area contributed by atoms with Crippen molar-refractivity contribution in [3.8, 4) is 0 Å². The minimum Gasteiger partial charge on any atom is -0.341 e. The van der Waals surface area contributed by atoms with Crippen LogP contribution >= 0.6 is 11.6 Å². The Morgan fingerprint density at radius 2 is 1.75 bits per heavy atom. The first-order valence-electron chi connectivity index (χ1n) is 7.88. The van der Waals surface area contributed by atoms with E-state index in [0.717, 1.165) is 17.5 Å². The van der Waals surface area contributed by atoms with Crippen LogP contribution in [0.2, 0.25) is 5.02 Å². The second kappa shape index (κ2) is 7.97. The molecule has 5 heteroatoms. The highest BCUT2D eigenvalue weighted by Gasteiger charge is 2.18. The van der Waals surface area contributed by atoms with Crippen molar-refractivity contribution in [3.63, 3.8) is 0 Å². The SMILES string of the molecule is CCc1ccc(C(C)NC(=O)C(=O)Nc2cccc(Cl)c2C)cc1. The number of carbonyl (C=O) groups excluding carboxylic acids is 2. The van der Waals surface area contributed by atoms with Crippen LogP contribution in [-0.2, 0) is 16.0 Å². The molecular weight excluding hydrogens is 324 g/mol. The molecule has 0 aliphatic carbocycles. The molecule has 1 unspecified atom stereocenters. The minimum atomic E-state index is -0.711. The summed E-state index contributed by atoms with van der Waals surface area (Å²) in [6.07, 6.45) is 0.961. The van der Waals surface area contributed by atoms with Gasteiger partial charge >= 0.3 is 11.8 Å². The van der Waals surface area contributed by atoms with Crippen LogP contribution in [0.15, 0.2) is 42.5 Å². The Bertz CT molecular complexity index is 742. The fraction of sp³-hybridized carbons (Fsp3) is 0.263. The molecule has 0 fully saturated rings. The third-order valence-corrected chi connectivity index (χ3v) is 4.37. The summed E-state index contributed by atoms with van der Waals surface area (Å²) >= 11 is 6.01. The van der Waals surface area contributed by atoms with Gasteiger partial charge in [-0.1, -0.05) is 48.9 Å². The Kier molecular flexibility index (Phi) is 5.99. The Morgan fingerprint density at radius 1 is 1.08 bits per heavy atom. The number of hydrogen-bond donors (Lipinski definition) is 2. The zero-order valence-electron chi connectivity index (χ0n) is 14.0. The summed E-state index contributed by atoms with van der Waals surface area (Å²) in [5.41, 5.74) is 3.44. The van der Waals surface area contributed by atoms with Crippen LogP contribution in [0.4, 0.5) is 5.69 Å². The predicted octanol–water partition coefficient (Wildman–Crippen LogP) is 4.03. The Hall–Kier alpha value is -2.33. The van der Waals surface area contributed by atoms with Crippen molar-refractivity contribution >= 4 is 29.1 Å². The molecule has 2 rings (SSSR count). The summed E-state index contributed by atoms with van der Waals surface area (Å²) in [4.78, 5) is 24.2. The molecular formula is C19H21ClN2O2. The van der Waals surface area contributed by atoms with Crippen molar-refractivity contribution in [2.75, 3.05) is 5.32 Å². The topological polar surface area (TPSA) is 58.2 Å². The predicted molar refractivity (Wildman–Crippen MR) is 97.2 cm³/mol. The maximum atomic E-state index is 12.1. The van der Waals surface area contributed by atoms with E-state index in [4.69, 9.17) is 11.6 Å². The Morgan fingerprint density at radius 3 is 2.38 bits per heavy atom. The van der Waals surface area contributed by atoms with Crippen LogP contribution in [0.1, 0.15) is 36.6 Å². The van der Waals surface area contributed by atoms with Gasteiger partial charge in [0.25, 0.3) is 0 Å². The van der Waals surface area contributed by atoms with E-state index < -0.39 is 11.8 Å². The summed E-state index contributed by atoms with van der Waals surface area (Å²) < 4.78 is 0. The van der Waals surface area contributed by atoms with Crippen LogP contribution in [0.5, 0.6) is 0 Å². The van der Waals surface area contributed by atoms with E-state index in [1.807, 2.05) is 31.2 Å². The molecule has 126 valence electrons. The van der Waals surface area contributed by atoms with Gasteiger partial charge in [0.15, 0.2) is 0 Å². The monoisotopic (exact) mass is 344 g/mol. The zero-order valence-corrected chi connectivity index (χ0v) is 14.8. The van der Waals surface area contributed by atoms with Crippen LogP contribution < -0.4 is 10.6 Å². The van der Waals surface area contributed by atoms with E-state index in [-0.39, 0.29) is 6.04 Å². The number of rotatable bonds is 4. The molecule has 1 atom stereocenters. The summed E-state index contributed by atoms with van der Waals surface area (Å²) in [6.45, 7) is 5.72. The first-order valence-corrected chi connectivity index (χ1v) is 8.26. The van der Waals surface area contributed by atoms with Gasteiger partial charge in [0.05, 0.1) is 6.04 Å². The molecule has 24 heavy (non-hydrogen) atoms. The van der Waals surface area contributed by atoms with Crippen molar-refractivity contribution in [2.45, 2.75) is 33.2 Å². The molecule has 4 nitrogen and oxygen atoms in total. The fourth-order valence-electron chi connectivity index (χ4n) is 2.31. The molecule has 2 aromatic rings. The van der Waals surface area contributed by atoms with Gasteiger partial charge in [-0.05, 0) is 49.1 Å². The second-order valence-electron chi connectivity index (χ2n) is 5.66. The standard InChI is InChI=1S/C19H21ClN2O2/c1-4-14-8-10-15(11-9-14)13(3)21-18(23)19(24)22-17-7-5-6-16(20)12(17)2/h5-11,13H,4H2,1-3H3,(H,21,23)(H,22,24). The molecule has 2 amide bonds. The molecule has 0 heterocycles. The number of nitrogens with one attached hydrogen (secondary N) is 2. The van der Waals surface area contributed by atoms with Crippen molar-refractivity contribution in [3.05, 3.63) is 64.2 Å². The van der Waals surface area contributed by atoms with E-state index in [2.05, 4.69) is 17.6 Å². The summed E-state index contributed by atoms with van der Waals surface area (Å²) in [5.74, 6) is -1.39. The average Bonchev–Trinajstić information content (AvgIpc) is 2.58. The van der Waals surface area contributed by atoms with Gasteiger partial charge in [0.1, 0.15) is 0 Å². The number of hydrogen-bond acceptors (Lipinski definition) is 2. The van der Waals surface area contributed by atoms with E-state index in [1.54, 1.807) is 25.1 Å². The number of amides is 2. The maximum absolute atomic E-state index is 12.1. The van der Waals surface area contributed by atoms with E-state index >= 15 is 0 Å². The van der Waals surface area contributed by atoms with Crippen molar-refractivity contribution in [2.24, 2.45) is 0 Å². The largest absolute Gasteiger partial charge is 0.341 e. The second-order valence-corrected chi connectivity index (χ2v) is 6.06. The third-order valence-electron chi connectivity index (χ3n) is 3.96. The van der Waals surface area contributed by atoms with E-state index in [1.165, 1.54) is 5.56 Å². The molecule has 0 aromatic heterocycles. The lowest BCUT2D eigenvalue weighted by molar-refractivity contribution is -0.136. The van der Waals surface area contributed by atoms with Gasteiger partial charge in [-0.2, -0.15) is 0 Å². The molecule has 0 saturated carbocycles. The van der Waals surface area contributed by atoms with Crippen LogP contribution in [0, 0.1) is 6.92 Å². The first-order chi connectivity index (χ1) is 11.4. The molecule has 0 aliphatic rings. The molecule has 0 bridgehead atoms. The van der Waals surface area contributed by atoms with E-state index in [0.29, 0.717) is 10.7 Å². The van der Waals surface area contributed by atoms with Gasteiger partial charge in [0.2, 0.25) is 0 Å². The lowest BCUT2D eigenvalue weighted by atomic mass is 10.0. The number of anilines is 1. The number of aryl methyl sites for hydroxylation is 1. The average molecular weight is 345 g/mol. The number of carbonyl (C=O) groups is 2. The molecule has 0 saturated heterocycles. The van der Waals surface area contributed by atoms with Gasteiger partial charge in [0, 0.05) is 10.7 Å². The van der Waals surface area contributed by atoms with Gasteiger partial charge in [-0.25, -0.2) is 0 Å². The van der Waals surface area contributed by atoms with Crippen molar-refractivity contribution < 1.29 is 9.59 Å². The number of benzene rings is 2. The lowest BCUT2D eigenvalue weighted by Gasteiger charge is -2.15. The molecule has 0 aliphatic heterocycles. The Labute approximate surface area is 147 Å². The highest BCUT2D eigenvalue weighted by Crippen LogP contribution is 2.22. The molecule has 0 spiro atoms. The third kappa shape index (κ3) is 4.36. The van der Waals surface area contributed by atoms with Crippen LogP contribution in [-0.4, -0.2) is 11.8 Å². The fourth-order valence-corrected chi connectivity index (χ4v) is 2.48. The highest BCUT2D eigenvalue weighted by atomic mass is 35.5. The Balaban J connectivity index is 2.00. The van der Waals surface area contributed by atoms with Gasteiger partial charge in [-0.15, -0.1) is 0 Å². The molecule has 2 N–H and O–H groups in total. The quantitative estimate of drug-likeness (QED) is 0.823. The van der Waals surface area contributed by atoms with E-state index in [9.17, 15) is 9.59 Å². The maximum Gasteiger partial charge on any atom is 0.313 e. The minimum absolute atomic E-state index is 0.255. The summed E-state index contributed by atoms with van der Waals surface area (Å²) in [6, 6.07) is 12.9. The zero-order chi connectivity index (χ0) is 17.7. The van der Waals surface area contributed by atoms with Crippen molar-refractivity contribution in [1.29, 1.82) is 0 Å². The van der Waals surface area contributed by atoms with Crippen LogP contribution in [0.25, 0.3) is 0 Å². The van der Waals surface area contributed by atoms with Crippen molar-refractivity contribution in [1.82, 2.24) is 5.32 Å². The van der Waals surface area contributed by atoms with Gasteiger partial charge in [-0.3, -0.25) is 9.59 Å². The molecule has 0 radical (unpaired) electrons. The van der Waals surface area contributed by atoms with Crippen LogP contribution in [0.3, 0.4) is 0 Å². The smallest absolute Gasteiger partial charge is 0.313 e. The lowest BCUT2D eigenvalue weighted by Crippen LogP contribution is -2.37. The van der Waals surface area contributed by atoms with Gasteiger partial charge < -0.3 is 10.6 Å². The normalized spacial score (nSPS) is 11.7.